The van der Waals surface area contributed by atoms with Crippen LogP contribution in [0.4, 0.5) is 4.79 Å². The lowest BCUT2D eigenvalue weighted by atomic mass is 9.96. The summed E-state index contributed by atoms with van der Waals surface area (Å²) in [4.78, 5) is 30.7. The fraction of sp³-hybridized carbons (Fsp3) is 0.682. The molecule has 2 aliphatic heterocycles. The lowest BCUT2D eigenvalue weighted by Crippen LogP contribution is -2.56. The molecule has 1 saturated carbocycles. The van der Waals surface area contributed by atoms with E-state index in [4.69, 9.17) is 9.47 Å². The number of carbonyl (C=O) groups is 2. The van der Waals surface area contributed by atoms with Crippen molar-refractivity contribution in [3.8, 4) is 5.88 Å². The van der Waals surface area contributed by atoms with Crippen molar-refractivity contribution in [2.24, 2.45) is 5.92 Å². The molecule has 3 fully saturated rings. The van der Waals surface area contributed by atoms with Crippen molar-refractivity contribution in [2.75, 3.05) is 7.11 Å². The normalized spacial score (nSPS) is 32.4. The first-order valence-corrected chi connectivity index (χ1v) is 11.2. The van der Waals surface area contributed by atoms with E-state index in [-0.39, 0.29) is 48.8 Å². The summed E-state index contributed by atoms with van der Waals surface area (Å²) in [5.41, 5.74) is 7.37. The van der Waals surface area contributed by atoms with Crippen LogP contribution in [0.3, 0.4) is 0 Å². The molecule has 1 aromatic rings. The SMILES string of the molecule is COc1cc(CC(=O)NC2CC([C@H]3CC[C@@H](OC(=O)N4[C@H](C)C[C@H]4C)C3)NN2)ccn1. The zero-order valence-corrected chi connectivity index (χ0v) is 18.5. The summed E-state index contributed by atoms with van der Waals surface area (Å²) in [5.74, 6) is 0.868. The molecule has 2 unspecified atom stereocenters. The minimum atomic E-state index is -0.174. The van der Waals surface area contributed by atoms with Crippen LogP contribution in [0.15, 0.2) is 18.3 Å². The summed E-state index contributed by atoms with van der Waals surface area (Å²) in [6, 6.07) is 4.38. The van der Waals surface area contributed by atoms with Crippen molar-refractivity contribution in [1.82, 2.24) is 26.1 Å². The molecule has 0 bridgehead atoms. The number of rotatable bonds is 6. The molecule has 0 aromatic carbocycles. The summed E-state index contributed by atoms with van der Waals surface area (Å²) < 4.78 is 10.9. The quantitative estimate of drug-likeness (QED) is 0.630. The maximum atomic E-state index is 12.4. The van der Waals surface area contributed by atoms with E-state index in [1.807, 2.05) is 11.0 Å². The van der Waals surface area contributed by atoms with E-state index in [0.29, 0.717) is 11.8 Å². The van der Waals surface area contributed by atoms with E-state index in [2.05, 4.69) is 35.0 Å². The lowest BCUT2D eigenvalue weighted by Gasteiger charge is -2.44. The highest BCUT2D eigenvalue weighted by Crippen LogP contribution is 2.34. The molecule has 3 N–H and O–H groups in total. The minimum absolute atomic E-state index is 0.0189. The van der Waals surface area contributed by atoms with Crippen molar-refractivity contribution in [1.29, 1.82) is 0 Å². The third-order valence-corrected chi connectivity index (χ3v) is 6.75. The molecule has 1 aliphatic carbocycles. The van der Waals surface area contributed by atoms with Crippen molar-refractivity contribution in [3.63, 3.8) is 0 Å². The molecule has 9 heteroatoms. The summed E-state index contributed by atoms with van der Waals surface area (Å²) in [6.07, 6.45) is 6.22. The Labute approximate surface area is 183 Å². The maximum absolute atomic E-state index is 12.4. The van der Waals surface area contributed by atoms with Crippen molar-refractivity contribution in [2.45, 2.75) is 82.8 Å². The summed E-state index contributed by atoms with van der Waals surface area (Å²) in [7, 11) is 1.56. The van der Waals surface area contributed by atoms with E-state index in [9.17, 15) is 9.59 Å². The largest absolute Gasteiger partial charge is 0.481 e. The maximum Gasteiger partial charge on any atom is 0.410 e. The number of amides is 2. The van der Waals surface area contributed by atoms with Crippen LogP contribution in [0.5, 0.6) is 5.88 Å². The first kappa shape index (κ1) is 21.8. The van der Waals surface area contributed by atoms with Gasteiger partial charge in [0.25, 0.3) is 0 Å². The molecular formula is C22H33N5O4. The number of likely N-dealkylation sites (tertiary alicyclic amines) is 1. The van der Waals surface area contributed by atoms with Crippen LogP contribution in [0.1, 0.15) is 51.5 Å². The van der Waals surface area contributed by atoms with Crippen LogP contribution in [0.2, 0.25) is 0 Å². The number of hydrogen-bond acceptors (Lipinski definition) is 7. The highest BCUT2D eigenvalue weighted by atomic mass is 16.6. The van der Waals surface area contributed by atoms with Crippen LogP contribution >= 0.6 is 0 Å². The Morgan fingerprint density at radius 3 is 2.74 bits per heavy atom. The second-order valence-corrected chi connectivity index (χ2v) is 9.05. The van der Waals surface area contributed by atoms with Crippen LogP contribution in [0.25, 0.3) is 0 Å². The highest BCUT2D eigenvalue weighted by Gasteiger charge is 2.41. The Hall–Kier alpha value is -2.39. The molecule has 4 rings (SSSR count). The van der Waals surface area contributed by atoms with Gasteiger partial charge in [-0.05, 0) is 63.5 Å². The predicted molar refractivity (Wildman–Crippen MR) is 114 cm³/mol. The molecule has 0 radical (unpaired) electrons. The fourth-order valence-corrected chi connectivity index (χ4v) is 5.11. The molecule has 0 spiro atoms. The van der Waals surface area contributed by atoms with Crippen molar-refractivity contribution >= 4 is 12.0 Å². The number of ether oxygens (including phenoxy) is 2. The van der Waals surface area contributed by atoms with Gasteiger partial charge in [0.05, 0.1) is 19.7 Å². The third kappa shape index (κ3) is 5.10. The minimum Gasteiger partial charge on any atom is -0.481 e. The Balaban J connectivity index is 1.20. The van der Waals surface area contributed by atoms with Crippen LogP contribution < -0.4 is 20.9 Å². The van der Waals surface area contributed by atoms with E-state index >= 15 is 0 Å². The Bertz CT molecular complexity index is 798. The molecular weight excluding hydrogens is 398 g/mol. The molecule has 3 aliphatic rings. The van der Waals surface area contributed by atoms with Gasteiger partial charge in [0.1, 0.15) is 6.10 Å². The molecule has 9 nitrogen and oxygen atoms in total. The van der Waals surface area contributed by atoms with Crippen LogP contribution in [-0.4, -0.2) is 59.4 Å². The predicted octanol–water partition coefficient (Wildman–Crippen LogP) is 1.73. The first-order valence-electron chi connectivity index (χ1n) is 11.2. The number of nitrogens with zero attached hydrogens (tertiary/aromatic N) is 2. The second kappa shape index (κ2) is 9.40. The van der Waals surface area contributed by atoms with Gasteiger partial charge < -0.3 is 19.7 Å². The van der Waals surface area contributed by atoms with E-state index in [0.717, 1.165) is 37.7 Å². The van der Waals surface area contributed by atoms with Gasteiger partial charge in [-0.2, -0.15) is 0 Å². The summed E-state index contributed by atoms with van der Waals surface area (Å²) in [6.45, 7) is 4.12. The van der Waals surface area contributed by atoms with Gasteiger partial charge in [0.15, 0.2) is 0 Å². The van der Waals surface area contributed by atoms with Gasteiger partial charge in [-0.25, -0.2) is 15.2 Å². The second-order valence-electron chi connectivity index (χ2n) is 9.05. The first-order chi connectivity index (χ1) is 14.9. The number of hydrogen-bond donors (Lipinski definition) is 3. The molecule has 170 valence electrons. The van der Waals surface area contributed by atoms with E-state index in [1.54, 1.807) is 19.4 Å². The van der Waals surface area contributed by atoms with E-state index in [1.165, 1.54) is 0 Å². The molecule has 3 heterocycles. The number of aromatic nitrogens is 1. The van der Waals surface area contributed by atoms with Gasteiger partial charge in [-0.1, -0.05) is 0 Å². The standard InChI is InChI=1S/C22H33N5O4/c1-13-8-14(2)27(13)22(29)31-17-5-4-16(11-17)18-12-19(26-25-18)24-20(28)9-15-6-7-23-21(10-15)30-3/h6-7,10,13-14,16-19,25-26H,4-5,8-9,11-12H2,1-3H3,(H,24,28)/t13-,14-,16+,17-,18?,19?/m1/s1. The fourth-order valence-electron chi connectivity index (χ4n) is 5.11. The van der Waals surface area contributed by atoms with Gasteiger partial charge >= 0.3 is 6.09 Å². The van der Waals surface area contributed by atoms with Gasteiger partial charge in [0.2, 0.25) is 11.8 Å². The zero-order valence-electron chi connectivity index (χ0n) is 18.5. The highest BCUT2D eigenvalue weighted by molar-refractivity contribution is 5.78. The topological polar surface area (TPSA) is 105 Å². The van der Waals surface area contributed by atoms with Gasteiger partial charge in [0, 0.05) is 30.4 Å². The Morgan fingerprint density at radius 1 is 1.19 bits per heavy atom. The molecule has 2 amide bonds. The number of pyridine rings is 1. The number of methoxy groups -OCH3 is 1. The van der Waals surface area contributed by atoms with Crippen LogP contribution in [0, 0.1) is 5.92 Å². The summed E-state index contributed by atoms with van der Waals surface area (Å²) in [5, 5.41) is 3.04. The number of nitrogens with one attached hydrogen (secondary N) is 3. The average molecular weight is 432 g/mol. The zero-order chi connectivity index (χ0) is 22.0. The Morgan fingerprint density at radius 2 is 2.00 bits per heavy atom. The molecule has 31 heavy (non-hydrogen) atoms. The lowest BCUT2D eigenvalue weighted by molar-refractivity contribution is -0.121. The third-order valence-electron chi connectivity index (χ3n) is 6.75. The van der Waals surface area contributed by atoms with E-state index < -0.39 is 0 Å². The monoisotopic (exact) mass is 431 g/mol. The molecule has 2 saturated heterocycles. The van der Waals surface area contributed by atoms with Crippen molar-refractivity contribution in [3.05, 3.63) is 23.9 Å². The number of hydrazine groups is 1. The molecule has 6 atom stereocenters. The Kier molecular flexibility index (Phi) is 6.62. The van der Waals surface area contributed by atoms with Crippen molar-refractivity contribution < 1.29 is 19.1 Å². The number of carbonyl (C=O) groups excluding carboxylic acids is 2. The smallest absolute Gasteiger partial charge is 0.410 e. The average Bonchev–Trinajstić information content (AvgIpc) is 3.37. The van der Waals surface area contributed by atoms with Crippen LogP contribution in [-0.2, 0) is 16.0 Å². The summed E-state index contributed by atoms with van der Waals surface area (Å²) >= 11 is 0. The van der Waals surface area contributed by atoms with Gasteiger partial charge in [-0.15, -0.1) is 0 Å². The van der Waals surface area contributed by atoms with Gasteiger partial charge in [-0.3, -0.25) is 10.2 Å². The molecule has 1 aromatic heterocycles.